The molecule has 2 rings (SSSR count). The van der Waals surface area contributed by atoms with Gasteiger partial charge in [-0.2, -0.15) is 5.10 Å². The highest BCUT2D eigenvalue weighted by molar-refractivity contribution is 6.33. The lowest BCUT2D eigenvalue weighted by molar-refractivity contribution is 0.413. The van der Waals surface area contributed by atoms with Crippen LogP contribution >= 0.6 is 11.6 Å². The highest BCUT2D eigenvalue weighted by Gasteiger charge is 2.22. The second-order valence-corrected chi connectivity index (χ2v) is 6.27. The number of nitrogens with two attached hydrogens (primary N) is 1. The summed E-state index contributed by atoms with van der Waals surface area (Å²) in [6, 6.07) is 0. The summed E-state index contributed by atoms with van der Waals surface area (Å²) in [6.45, 7) is 7.19. The third-order valence-corrected chi connectivity index (χ3v) is 4.15. The number of rotatable bonds is 4. The average Bonchev–Trinajstić information content (AvgIpc) is 2.44. The van der Waals surface area contributed by atoms with Crippen LogP contribution in [0.1, 0.15) is 26.7 Å². The normalized spacial score (nSPS) is 16.9. The zero-order valence-corrected chi connectivity index (χ0v) is 12.9. The van der Waals surface area contributed by atoms with Gasteiger partial charge in [0.1, 0.15) is 5.02 Å². The number of aromatic nitrogens is 2. The van der Waals surface area contributed by atoms with E-state index in [1.54, 1.807) is 6.20 Å². The molecular weight excluding hydrogens is 276 g/mol. The number of halogens is 1. The van der Waals surface area contributed by atoms with Gasteiger partial charge in [0.15, 0.2) is 0 Å². The first kappa shape index (κ1) is 15.3. The number of hydrogen-bond donors (Lipinski definition) is 1. The molecule has 1 fully saturated rings. The Bertz CT molecular complexity index is 506. The third kappa shape index (κ3) is 3.33. The van der Waals surface area contributed by atoms with Crippen molar-refractivity contribution in [3.8, 4) is 0 Å². The number of anilines is 1. The molecule has 5 nitrogen and oxygen atoms in total. The van der Waals surface area contributed by atoms with Crippen molar-refractivity contribution < 1.29 is 0 Å². The van der Waals surface area contributed by atoms with Crippen molar-refractivity contribution >= 4 is 17.3 Å². The summed E-state index contributed by atoms with van der Waals surface area (Å²) in [7, 11) is 0. The van der Waals surface area contributed by atoms with Gasteiger partial charge in [0.2, 0.25) is 0 Å². The Labute approximate surface area is 124 Å². The lowest BCUT2D eigenvalue weighted by atomic mass is 9.97. The Morgan fingerprint density at radius 3 is 2.65 bits per heavy atom. The van der Waals surface area contributed by atoms with Crippen LogP contribution in [0.2, 0.25) is 5.02 Å². The summed E-state index contributed by atoms with van der Waals surface area (Å²) in [6.07, 6.45) is 3.80. The first-order valence-electron chi connectivity index (χ1n) is 7.23. The predicted octanol–water partition coefficient (Wildman–Crippen LogP) is 1.73. The minimum Gasteiger partial charge on any atom is -0.369 e. The Hall–Kier alpha value is -1.07. The Morgan fingerprint density at radius 2 is 2.10 bits per heavy atom. The summed E-state index contributed by atoms with van der Waals surface area (Å²) in [4.78, 5) is 14.4. The Kier molecular flexibility index (Phi) is 5.05. The molecule has 2 heterocycles. The van der Waals surface area contributed by atoms with Gasteiger partial charge in [-0.25, -0.2) is 4.68 Å². The van der Waals surface area contributed by atoms with Gasteiger partial charge in [0.25, 0.3) is 5.56 Å². The average molecular weight is 299 g/mol. The summed E-state index contributed by atoms with van der Waals surface area (Å²) in [5.41, 5.74) is 6.26. The van der Waals surface area contributed by atoms with Crippen molar-refractivity contribution in [2.24, 2.45) is 17.6 Å². The van der Waals surface area contributed by atoms with Crippen LogP contribution in [0.5, 0.6) is 0 Å². The molecule has 0 spiro atoms. The van der Waals surface area contributed by atoms with Crippen molar-refractivity contribution in [3.63, 3.8) is 0 Å². The van der Waals surface area contributed by atoms with Gasteiger partial charge in [0, 0.05) is 19.6 Å². The molecule has 0 radical (unpaired) electrons. The molecule has 0 aliphatic carbocycles. The van der Waals surface area contributed by atoms with Crippen molar-refractivity contribution in [2.45, 2.75) is 33.2 Å². The second kappa shape index (κ2) is 6.59. The van der Waals surface area contributed by atoms with E-state index in [0.29, 0.717) is 18.4 Å². The number of piperidine rings is 1. The summed E-state index contributed by atoms with van der Waals surface area (Å²) in [5.74, 6) is 0.946. The lowest BCUT2D eigenvalue weighted by Crippen LogP contribution is -2.37. The summed E-state index contributed by atoms with van der Waals surface area (Å²) in [5, 5.41) is 4.53. The molecule has 1 aliphatic rings. The van der Waals surface area contributed by atoms with Crippen LogP contribution in [0.25, 0.3) is 0 Å². The summed E-state index contributed by atoms with van der Waals surface area (Å²) >= 11 is 6.25. The van der Waals surface area contributed by atoms with Gasteiger partial charge >= 0.3 is 0 Å². The molecule has 1 aromatic rings. The molecule has 0 bridgehead atoms. The van der Waals surface area contributed by atoms with Gasteiger partial charge in [-0.15, -0.1) is 0 Å². The zero-order valence-electron chi connectivity index (χ0n) is 12.2. The van der Waals surface area contributed by atoms with Gasteiger partial charge < -0.3 is 10.6 Å². The molecule has 1 saturated heterocycles. The molecule has 6 heteroatoms. The second-order valence-electron chi connectivity index (χ2n) is 5.89. The van der Waals surface area contributed by atoms with Crippen molar-refractivity contribution in [3.05, 3.63) is 21.6 Å². The van der Waals surface area contributed by atoms with Crippen LogP contribution in [0.4, 0.5) is 5.69 Å². The van der Waals surface area contributed by atoms with Crippen LogP contribution in [0.3, 0.4) is 0 Å². The molecular formula is C14H23ClN4O. The van der Waals surface area contributed by atoms with Crippen LogP contribution < -0.4 is 16.2 Å². The van der Waals surface area contributed by atoms with E-state index in [-0.39, 0.29) is 10.6 Å². The highest BCUT2D eigenvalue weighted by atomic mass is 35.5. The number of hydrogen-bond acceptors (Lipinski definition) is 4. The van der Waals surface area contributed by atoms with E-state index in [9.17, 15) is 4.79 Å². The van der Waals surface area contributed by atoms with E-state index < -0.39 is 0 Å². The van der Waals surface area contributed by atoms with Gasteiger partial charge in [-0.05, 0) is 31.2 Å². The molecule has 0 unspecified atom stereocenters. The van der Waals surface area contributed by atoms with Crippen LogP contribution in [0, 0.1) is 11.8 Å². The maximum atomic E-state index is 12.2. The van der Waals surface area contributed by atoms with E-state index >= 15 is 0 Å². The molecule has 0 atom stereocenters. The first-order chi connectivity index (χ1) is 9.52. The predicted molar refractivity (Wildman–Crippen MR) is 82.3 cm³/mol. The molecule has 1 aromatic heterocycles. The Balaban J connectivity index is 2.18. The lowest BCUT2D eigenvalue weighted by Gasteiger charge is -2.33. The maximum Gasteiger partial charge on any atom is 0.287 e. The van der Waals surface area contributed by atoms with E-state index in [0.717, 1.165) is 38.2 Å². The summed E-state index contributed by atoms with van der Waals surface area (Å²) < 4.78 is 1.45. The number of nitrogens with zero attached hydrogens (tertiary/aromatic N) is 3. The van der Waals surface area contributed by atoms with Crippen molar-refractivity contribution in [2.75, 3.05) is 24.5 Å². The molecule has 20 heavy (non-hydrogen) atoms. The van der Waals surface area contributed by atoms with E-state index in [1.165, 1.54) is 4.68 Å². The molecule has 2 N–H and O–H groups in total. The minimum absolute atomic E-state index is 0.196. The van der Waals surface area contributed by atoms with E-state index in [2.05, 4.69) is 10.00 Å². The highest BCUT2D eigenvalue weighted by Crippen LogP contribution is 2.26. The molecule has 0 amide bonds. The zero-order chi connectivity index (χ0) is 14.7. The van der Waals surface area contributed by atoms with Crippen molar-refractivity contribution in [1.29, 1.82) is 0 Å². The Morgan fingerprint density at radius 1 is 1.45 bits per heavy atom. The molecule has 1 aliphatic heterocycles. The molecule has 112 valence electrons. The van der Waals surface area contributed by atoms with E-state index in [1.807, 2.05) is 13.8 Å². The quantitative estimate of drug-likeness (QED) is 0.919. The van der Waals surface area contributed by atoms with Crippen LogP contribution in [0.15, 0.2) is 11.0 Å². The molecule has 0 aromatic carbocycles. The minimum atomic E-state index is -0.196. The van der Waals surface area contributed by atoms with Crippen LogP contribution in [-0.4, -0.2) is 29.4 Å². The van der Waals surface area contributed by atoms with Gasteiger partial charge in [-0.3, -0.25) is 4.79 Å². The molecule has 0 saturated carbocycles. The van der Waals surface area contributed by atoms with Crippen molar-refractivity contribution in [1.82, 2.24) is 9.78 Å². The van der Waals surface area contributed by atoms with Gasteiger partial charge in [-0.1, -0.05) is 25.4 Å². The van der Waals surface area contributed by atoms with E-state index in [4.69, 9.17) is 17.3 Å². The standard InChI is InChI=1S/C14H23ClN4O/c1-10(2)9-19-14(20)13(15)12(8-17-19)18-5-3-11(7-16)4-6-18/h8,10-11H,3-7,9,16H2,1-2H3. The fraction of sp³-hybridized carbons (Fsp3) is 0.714. The van der Waals surface area contributed by atoms with Gasteiger partial charge in [0.05, 0.1) is 11.9 Å². The fourth-order valence-electron chi connectivity index (χ4n) is 2.56. The monoisotopic (exact) mass is 298 g/mol. The topological polar surface area (TPSA) is 64.2 Å². The largest absolute Gasteiger partial charge is 0.369 e. The SMILES string of the molecule is CC(C)Cn1ncc(N2CCC(CN)CC2)c(Cl)c1=O. The smallest absolute Gasteiger partial charge is 0.287 e. The first-order valence-corrected chi connectivity index (χ1v) is 7.61. The third-order valence-electron chi connectivity index (χ3n) is 3.79. The maximum absolute atomic E-state index is 12.2. The van der Waals surface area contributed by atoms with Crippen LogP contribution in [-0.2, 0) is 6.54 Å². The fourth-order valence-corrected chi connectivity index (χ4v) is 2.83.